The number of ketones is 1. The molecule has 7 heteroatoms. The maximum atomic E-state index is 13.6. The van der Waals surface area contributed by atoms with Gasteiger partial charge in [0, 0.05) is 24.8 Å². The van der Waals surface area contributed by atoms with Crippen LogP contribution in [0.3, 0.4) is 0 Å². The number of ether oxygens (including phenoxy) is 2. The zero-order chi connectivity index (χ0) is 25.5. The van der Waals surface area contributed by atoms with Crippen molar-refractivity contribution in [3.63, 3.8) is 0 Å². The molecule has 0 radical (unpaired) electrons. The summed E-state index contributed by atoms with van der Waals surface area (Å²) < 4.78 is 23.4. The molecule has 0 bridgehead atoms. The monoisotopic (exact) mass is 497 g/mol. The van der Waals surface area contributed by atoms with Gasteiger partial charge in [-0.05, 0) is 74.3 Å². The van der Waals surface area contributed by atoms with Crippen LogP contribution in [0.25, 0.3) is 5.57 Å². The first-order chi connectivity index (χ1) is 16.8. The Morgan fingerprint density at radius 3 is 2.31 bits per heavy atom. The summed E-state index contributed by atoms with van der Waals surface area (Å²) >= 11 is 0. The van der Waals surface area contributed by atoms with Gasteiger partial charge in [0.25, 0.3) is 0 Å². The first-order valence-corrected chi connectivity index (χ1v) is 13.6. The molecule has 6 nitrogen and oxygen atoms in total. The van der Waals surface area contributed by atoms with E-state index in [2.05, 4.69) is 31.0 Å². The van der Waals surface area contributed by atoms with Crippen molar-refractivity contribution in [2.75, 3.05) is 12.4 Å². The number of carbonyl (C=O) groups is 2. The fourth-order valence-electron chi connectivity index (χ4n) is 4.57. The van der Waals surface area contributed by atoms with Crippen molar-refractivity contribution in [3.8, 4) is 0 Å². The summed E-state index contributed by atoms with van der Waals surface area (Å²) in [6.07, 6.45) is 3.73. The minimum Gasteiger partial charge on any atom is -0.434 e. The first-order valence-electron chi connectivity index (χ1n) is 12.3. The Morgan fingerprint density at radius 2 is 1.74 bits per heavy atom. The molecule has 2 unspecified atom stereocenters. The Bertz CT molecular complexity index is 1110. The number of benzene rings is 1. The topological polar surface area (TPSA) is 82.6 Å². The second-order valence-corrected chi connectivity index (χ2v) is 10.5. The maximum Gasteiger partial charge on any atom is 0.513 e. The third-order valence-electron chi connectivity index (χ3n) is 6.26. The molecule has 0 aliphatic heterocycles. The third-order valence-corrected chi connectivity index (χ3v) is 7.58. The van der Waals surface area contributed by atoms with Gasteiger partial charge in [-0.3, -0.25) is 9.00 Å². The largest absolute Gasteiger partial charge is 0.513 e. The Labute approximate surface area is 210 Å². The predicted molar refractivity (Wildman–Crippen MR) is 138 cm³/mol. The van der Waals surface area contributed by atoms with Crippen LogP contribution in [0.2, 0.25) is 0 Å². The van der Waals surface area contributed by atoms with Crippen molar-refractivity contribution in [1.29, 1.82) is 0 Å². The Balaban J connectivity index is 1.93. The van der Waals surface area contributed by atoms with Crippen molar-refractivity contribution in [2.24, 2.45) is 5.92 Å². The van der Waals surface area contributed by atoms with Crippen LogP contribution >= 0.6 is 0 Å². The molecule has 3 rings (SSSR count). The zero-order valence-electron chi connectivity index (χ0n) is 21.3. The number of hydrogen-bond acceptors (Lipinski definition) is 6. The van der Waals surface area contributed by atoms with E-state index in [0.717, 1.165) is 40.7 Å². The second kappa shape index (κ2) is 12.2. The molecule has 1 aliphatic rings. The van der Waals surface area contributed by atoms with Gasteiger partial charge >= 0.3 is 6.16 Å². The highest BCUT2D eigenvalue weighted by molar-refractivity contribution is 7.84. The summed E-state index contributed by atoms with van der Waals surface area (Å²) in [6, 6.07) is 7.87. The number of aryl methyl sites for hydroxylation is 4. The molecule has 1 aromatic heterocycles. The van der Waals surface area contributed by atoms with Crippen molar-refractivity contribution in [1.82, 2.24) is 4.98 Å². The van der Waals surface area contributed by atoms with Crippen LogP contribution in [0.5, 0.6) is 0 Å². The molecular weight excluding hydrogens is 462 g/mol. The van der Waals surface area contributed by atoms with Gasteiger partial charge < -0.3 is 9.47 Å². The highest BCUT2D eigenvalue weighted by Crippen LogP contribution is 2.39. The van der Waals surface area contributed by atoms with Crippen LogP contribution in [-0.2, 0) is 37.9 Å². The fraction of sp³-hybridized carbons (Fsp3) is 0.464. The number of rotatable bonds is 9. The Kier molecular flexibility index (Phi) is 9.38. The van der Waals surface area contributed by atoms with Crippen LogP contribution in [-0.4, -0.2) is 33.5 Å². The molecule has 0 fully saturated rings. The number of Topliss-reactive ketones (excluding diaryl/α,β-unsaturated/α-hetero) is 1. The molecule has 1 aromatic carbocycles. The molecule has 1 aliphatic carbocycles. The van der Waals surface area contributed by atoms with Crippen LogP contribution in [0.15, 0.2) is 41.2 Å². The highest BCUT2D eigenvalue weighted by Gasteiger charge is 2.33. The van der Waals surface area contributed by atoms with Crippen molar-refractivity contribution in [2.45, 2.75) is 71.7 Å². The quantitative estimate of drug-likeness (QED) is 0.402. The average Bonchev–Trinajstić information content (AvgIpc) is 2.83. The molecule has 0 spiro atoms. The number of nitrogens with zero attached hydrogens (tertiary/aromatic N) is 1. The lowest BCUT2D eigenvalue weighted by Crippen LogP contribution is -2.24. The minimum atomic E-state index is -1.26. The van der Waals surface area contributed by atoms with Gasteiger partial charge in [0.1, 0.15) is 10.8 Å². The van der Waals surface area contributed by atoms with Gasteiger partial charge in [0.05, 0.1) is 23.0 Å². The summed E-state index contributed by atoms with van der Waals surface area (Å²) in [5.41, 5.74) is 5.67. The summed E-state index contributed by atoms with van der Waals surface area (Å²) in [6.45, 7) is 10.0. The lowest BCUT2D eigenvalue weighted by Gasteiger charge is -2.28. The van der Waals surface area contributed by atoms with E-state index in [-0.39, 0.29) is 18.3 Å². The van der Waals surface area contributed by atoms with E-state index in [4.69, 9.17) is 9.47 Å². The van der Waals surface area contributed by atoms with Crippen LogP contribution in [0.4, 0.5) is 4.79 Å². The number of allylic oxidation sites excluding steroid dienone is 2. The molecule has 188 valence electrons. The minimum absolute atomic E-state index is 0.0481. The lowest BCUT2D eigenvalue weighted by molar-refractivity contribution is -0.115. The van der Waals surface area contributed by atoms with E-state index in [9.17, 15) is 13.8 Å². The number of aromatic nitrogens is 1. The van der Waals surface area contributed by atoms with Crippen molar-refractivity contribution >= 4 is 28.3 Å². The molecule has 0 saturated carbocycles. The second-order valence-electron chi connectivity index (χ2n) is 8.96. The van der Waals surface area contributed by atoms with E-state index in [0.29, 0.717) is 41.4 Å². The molecule has 1 heterocycles. The molecule has 35 heavy (non-hydrogen) atoms. The smallest absolute Gasteiger partial charge is 0.434 e. The number of hydrogen-bond donors (Lipinski definition) is 0. The standard InChI is InChI=1S/C28H35NO5S/c1-6-21-13-19(5)14-22(7-2)26(21)27-23(30)15-20(16-24(27)34-28(31)33-8-3)11-12-35(32)25-10-9-18(4)17-29-25/h9-10,13-14,17,20H,6-8,11-12,15-16H2,1-5H3. The molecule has 0 amide bonds. The molecule has 2 aromatic rings. The van der Waals surface area contributed by atoms with Crippen molar-refractivity contribution in [3.05, 3.63) is 64.0 Å². The molecule has 2 atom stereocenters. The number of carbonyl (C=O) groups excluding carboxylic acids is 2. The van der Waals surface area contributed by atoms with Gasteiger partial charge in [-0.2, -0.15) is 0 Å². The Hall–Kier alpha value is -2.80. The van der Waals surface area contributed by atoms with Crippen LogP contribution in [0, 0.1) is 19.8 Å². The first kappa shape index (κ1) is 26.8. The fourth-order valence-corrected chi connectivity index (χ4v) is 5.71. The van der Waals surface area contributed by atoms with Gasteiger partial charge in [-0.15, -0.1) is 0 Å². The van der Waals surface area contributed by atoms with E-state index in [1.165, 1.54) is 0 Å². The van der Waals surface area contributed by atoms with E-state index < -0.39 is 17.0 Å². The van der Waals surface area contributed by atoms with Gasteiger partial charge in [-0.1, -0.05) is 37.6 Å². The molecule has 0 saturated heterocycles. The summed E-state index contributed by atoms with van der Waals surface area (Å²) in [7, 11) is -1.26. The van der Waals surface area contributed by atoms with Crippen LogP contribution < -0.4 is 0 Å². The highest BCUT2D eigenvalue weighted by atomic mass is 32.2. The normalized spacial score (nSPS) is 16.8. The Morgan fingerprint density at radius 1 is 1.06 bits per heavy atom. The SMILES string of the molecule is CCOC(=O)OC1=C(c2c(CC)cc(C)cc2CC)C(=O)CC(CCS(=O)c2ccc(C)cn2)C1. The maximum absolute atomic E-state index is 13.6. The van der Waals surface area contributed by atoms with Gasteiger partial charge in [0.15, 0.2) is 5.78 Å². The van der Waals surface area contributed by atoms with E-state index >= 15 is 0 Å². The van der Waals surface area contributed by atoms with Gasteiger partial charge in [-0.25, -0.2) is 9.78 Å². The number of pyridine rings is 1. The summed E-state index contributed by atoms with van der Waals surface area (Å²) in [4.78, 5) is 30.1. The third kappa shape index (κ3) is 6.66. The molecule has 0 N–H and O–H groups in total. The average molecular weight is 498 g/mol. The van der Waals surface area contributed by atoms with E-state index in [1.807, 2.05) is 19.9 Å². The van der Waals surface area contributed by atoms with Crippen molar-refractivity contribution < 1.29 is 23.3 Å². The molecular formula is C28H35NO5S. The summed E-state index contributed by atoms with van der Waals surface area (Å²) in [5, 5.41) is 0.539. The van der Waals surface area contributed by atoms with Crippen LogP contribution in [0.1, 0.15) is 67.9 Å². The zero-order valence-corrected chi connectivity index (χ0v) is 22.1. The van der Waals surface area contributed by atoms with E-state index in [1.54, 1.807) is 19.2 Å². The predicted octanol–water partition coefficient (Wildman–Crippen LogP) is 5.88. The summed E-state index contributed by atoms with van der Waals surface area (Å²) in [5.74, 6) is 0.622. The lowest BCUT2D eigenvalue weighted by atomic mass is 9.79. The van der Waals surface area contributed by atoms with Gasteiger partial charge in [0.2, 0.25) is 0 Å².